The molecule has 162 valence electrons. The van der Waals surface area contributed by atoms with Crippen LogP contribution < -0.4 is 5.32 Å². The number of carbonyl (C=O) groups is 1. The fourth-order valence-corrected chi connectivity index (χ4v) is 4.09. The van der Waals surface area contributed by atoms with Crippen LogP contribution in [0.5, 0.6) is 0 Å². The average Bonchev–Trinajstić information content (AvgIpc) is 3.18. The summed E-state index contributed by atoms with van der Waals surface area (Å²) in [5, 5.41) is 2.86. The quantitative estimate of drug-likeness (QED) is 0.647. The molecule has 1 aliphatic heterocycles. The van der Waals surface area contributed by atoms with Gasteiger partial charge in [-0.3, -0.25) is 9.69 Å². The molecule has 7 heteroatoms. The number of aromatic nitrogens is 2. The molecule has 0 radical (unpaired) electrons. The SMILES string of the molecule is CC(C)n1cnc2c1C(C(=O)NCc1ccc(F)cc1F)N(Cc1ccccc1)CC2. The van der Waals surface area contributed by atoms with Crippen molar-refractivity contribution in [3.8, 4) is 0 Å². The maximum atomic E-state index is 14.1. The zero-order chi connectivity index (χ0) is 22.0. The van der Waals surface area contributed by atoms with E-state index in [9.17, 15) is 13.6 Å². The van der Waals surface area contributed by atoms with Crippen LogP contribution in [0.25, 0.3) is 0 Å². The molecular formula is C24H26F2N4O. The van der Waals surface area contributed by atoms with Gasteiger partial charge in [0.1, 0.15) is 17.7 Å². The highest BCUT2D eigenvalue weighted by Crippen LogP contribution is 2.32. The van der Waals surface area contributed by atoms with Gasteiger partial charge >= 0.3 is 0 Å². The molecule has 1 unspecified atom stereocenters. The molecule has 1 aliphatic rings. The number of hydrogen-bond donors (Lipinski definition) is 1. The summed E-state index contributed by atoms with van der Waals surface area (Å²) < 4.78 is 29.3. The van der Waals surface area contributed by atoms with Gasteiger partial charge in [-0.1, -0.05) is 36.4 Å². The molecule has 0 spiro atoms. The lowest BCUT2D eigenvalue weighted by Crippen LogP contribution is -2.45. The highest BCUT2D eigenvalue weighted by Gasteiger charge is 2.37. The maximum Gasteiger partial charge on any atom is 0.243 e. The zero-order valence-corrected chi connectivity index (χ0v) is 17.7. The van der Waals surface area contributed by atoms with Crippen molar-refractivity contribution in [2.45, 2.75) is 45.4 Å². The lowest BCUT2D eigenvalue weighted by Gasteiger charge is -2.36. The van der Waals surface area contributed by atoms with Gasteiger partial charge in [-0.25, -0.2) is 13.8 Å². The van der Waals surface area contributed by atoms with Crippen molar-refractivity contribution in [2.75, 3.05) is 6.54 Å². The summed E-state index contributed by atoms with van der Waals surface area (Å²) >= 11 is 0. The summed E-state index contributed by atoms with van der Waals surface area (Å²) in [5.41, 5.74) is 3.17. The van der Waals surface area contributed by atoms with E-state index in [4.69, 9.17) is 0 Å². The van der Waals surface area contributed by atoms with E-state index in [1.165, 1.54) is 12.1 Å². The number of fused-ring (bicyclic) bond motifs is 1. The molecule has 31 heavy (non-hydrogen) atoms. The molecule has 0 saturated carbocycles. The molecular weight excluding hydrogens is 398 g/mol. The standard InChI is InChI=1S/C24H26F2N4O/c1-16(2)30-15-28-21-10-11-29(14-17-6-4-3-5-7-17)23(22(21)30)24(31)27-13-18-8-9-19(25)12-20(18)26/h3-9,12,15-16,23H,10-11,13-14H2,1-2H3,(H,27,31). The first-order chi connectivity index (χ1) is 14.9. The molecule has 2 aromatic carbocycles. The van der Waals surface area contributed by atoms with Crippen LogP contribution in [0, 0.1) is 11.6 Å². The Morgan fingerprint density at radius 1 is 1.19 bits per heavy atom. The Labute approximate surface area is 180 Å². The fourth-order valence-electron chi connectivity index (χ4n) is 4.09. The van der Waals surface area contributed by atoms with Crippen LogP contribution in [0.2, 0.25) is 0 Å². The van der Waals surface area contributed by atoms with Gasteiger partial charge in [0.2, 0.25) is 5.91 Å². The summed E-state index contributed by atoms with van der Waals surface area (Å²) in [6.07, 6.45) is 2.56. The van der Waals surface area contributed by atoms with Crippen LogP contribution in [0.1, 0.15) is 48.4 Å². The van der Waals surface area contributed by atoms with Gasteiger partial charge < -0.3 is 9.88 Å². The first-order valence-corrected chi connectivity index (χ1v) is 10.5. The number of rotatable bonds is 6. The molecule has 1 atom stereocenters. The highest BCUT2D eigenvalue weighted by molar-refractivity contribution is 5.83. The molecule has 5 nitrogen and oxygen atoms in total. The average molecular weight is 424 g/mol. The van der Waals surface area contributed by atoms with E-state index in [2.05, 4.69) is 29.0 Å². The molecule has 4 rings (SSSR count). The number of imidazole rings is 1. The van der Waals surface area contributed by atoms with E-state index in [1.807, 2.05) is 34.9 Å². The Morgan fingerprint density at radius 3 is 2.68 bits per heavy atom. The lowest BCUT2D eigenvalue weighted by molar-refractivity contribution is -0.127. The molecule has 0 saturated heterocycles. The molecule has 0 aliphatic carbocycles. The van der Waals surface area contributed by atoms with E-state index in [-0.39, 0.29) is 24.1 Å². The second-order valence-electron chi connectivity index (χ2n) is 8.14. The smallest absolute Gasteiger partial charge is 0.243 e. The van der Waals surface area contributed by atoms with Gasteiger partial charge in [-0.2, -0.15) is 0 Å². The number of hydrogen-bond acceptors (Lipinski definition) is 3. The summed E-state index contributed by atoms with van der Waals surface area (Å²) in [6, 6.07) is 13.0. The second-order valence-corrected chi connectivity index (χ2v) is 8.14. The van der Waals surface area contributed by atoms with Gasteiger partial charge in [0, 0.05) is 43.7 Å². The van der Waals surface area contributed by atoms with Crippen molar-refractivity contribution < 1.29 is 13.6 Å². The van der Waals surface area contributed by atoms with Crippen LogP contribution in [0.4, 0.5) is 8.78 Å². The fraction of sp³-hybridized carbons (Fsp3) is 0.333. The minimum Gasteiger partial charge on any atom is -0.350 e. The number of nitrogens with zero attached hydrogens (tertiary/aromatic N) is 3. The van der Waals surface area contributed by atoms with Crippen molar-refractivity contribution in [1.29, 1.82) is 0 Å². The van der Waals surface area contributed by atoms with E-state index < -0.39 is 17.7 Å². The Hall–Kier alpha value is -3.06. The number of amides is 1. The molecule has 3 aromatic rings. The van der Waals surface area contributed by atoms with Gasteiger partial charge in [-0.15, -0.1) is 0 Å². The molecule has 1 N–H and O–H groups in total. The van der Waals surface area contributed by atoms with Crippen LogP contribution in [0.3, 0.4) is 0 Å². The number of nitrogens with one attached hydrogen (secondary N) is 1. The van der Waals surface area contributed by atoms with E-state index in [1.54, 1.807) is 6.33 Å². The highest BCUT2D eigenvalue weighted by atomic mass is 19.1. The van der Waals surface area contributed by atoms with E-state index >= 15 is 0 Å². The molecule has 2 heterocycles. The van der Waals surface area contributed by atoms with Gasteiger partial charge in [0.05, 0.1) is 17.7 Å². The molecule has 1 aromatic heterocycles. The number of carbonyl (C=O) groups excluding carboxylic acids is 1. The van der Waals surface area contributed by atoms with Crippen molar-refractivity contribution in [3.63, 3.8) is 0 Å². The number of halogens is 2. The third-order valence-electron chi connectivity index (χ3n) is 5.67. The summed E-state index contributed by atoms with van der Waals surface area (Å²) in [4.78, 5) is 20.1. The van der Waals surface area contributed by atoms with E-state index in [0.29, 0.717) is 13.1 Å². The summed E-state index contributed by atoms with van der Waals surface area (Å²) in [6.45, 7) is 5.42. The first kappa shape index (κ1) is 21.2. The zero-order valence-electron chi connectivity index (χ0n) is 17.7. The number of benzene rings is 2. The first-order valence-electron chi connectivity index (χ1n) is 10.5. The molecule has 1 amide bonds. The van der Waals surface area contributed by atoms with Gasteiger partial charge in [0.15, 0.2) is 0 Å². The Kier molecular flexibility index (Phi) is 6.13. The summed E-state index contributed by atoms with van der Waals surface area (Å²) in [7, 11) is 0. The minimum atomic E-state index is -0.669. The van der Waals surface area contributed by atoms with Crippen LogP contribution in [-0.2, 0) is 24.3 Å². The van der Waals surface area contributed by atoms with Gasteiger partial charge in [-0.05, 0) is 25.5 Å². The monoisotopic (exact) mass is 424 g/mol. The van der Waals surface area contributed by atoms with Crippen molar-refractivity contribution in [3.05, 3.63) is 89.0 Å². The molecule has 0 bridgehead atoms. The Morgan fingerprint density at radius 2 is 1.97 bits per heavy atom. The Bertz CT molecular complexity index is 1060. The van der Waals surface area contributed by atoms with Crippen molar-refractivity contribution in [2.24, 2.45) is 0 Å². The predicted molar refractivity (Wildman–Crippen MR) is 114 cm³/mol. The normalized spacial score (nSPS) is 16.4. The maximum absolute atomic E-state index is 14.1. The van der Waals surface area contributed by atoms with Gasteiger partial charge in [0.25, 0.3) is 0 Å². The topological polar surface area (TPSA) is 50.2 Å². The predicted octanol–water partition coefficient (Wildman–Crippen LogP) is 4.16. The Balaban J connectivity index is 1.62. The van der Waals surface area contributed by atoms with Crippen LogP contribution in [-0.4, -0.2) is 26.9 Å². The molecule has 0 fully saturated rings. The van der Waals surface area contributed by atoms with Crippen LogP contribution >= 0.6 is 0 Å². The third-order valence-corrected chi connectivity index (χ3v) is 5.67. The lowest BCUT2D eigenvalue weighted by atomic mass is 9.99. The minimum absolute atomic E-state index is 0.00816. The largest absolute Gasteiger partial charge is 0.350 e. The van der Waals surface area contributed by atoms with Crippen LogP contribution in [0.15, 0.2) is 54.9 Å². The summed E-state index contributed by atoms with van der Waals surface area (Å²) in [5.74, 6) is -1.53. The third kappa shape index (κ3) is 4.51. The van der Waals surface area contributed by atoms with Crippen molar-refractivity contribution in [1.82, 2.24) is 19.8 Å². The van der Waals surface area contributed by atoms with Crippen molar-refractivity contribution >= 4 is 5.91 Å². The van der Waals surface area contributed by atoms with E-state index in [0.717, 1.165) is 29.4 Å². The second kappa shape index (κ2) is 8.98.